The number of amides is 2. The molecule has 0 radical (unpaired) electrons. The fraction of sp³-hybridized carbons (Fsp3) is 0.219. The minimum Gasteiger partial charge on any atom is -0.367 e. The third-order valence-corrected chi connectivity index (χ3v) is 7.94. The van der Waals surface area contributed by atoms with Gasteiger partial charge in [0.1, 0.15) is 0 Å². The Morgan fingerprint density at radius 3 is 2.31 bits per heavy atom. The van der Waals surface area contributed by atoms with Gasteiger partial charge in [-0.05, 0) is 72.6 Å². The summed E-state index contributed by atoms with van der Waals surface area (Å²) in [5.41, 5.74) is 4.22. The molecule has 4 aromatic rings. The summed E-state index contributed by atoms with van der Waals surface area (Å²) < 4.78 is 0. The number of pyridine rings is 1. The molecule has 1 fully saturated rings. The van der Waals surface area contributed by atoms with E-state index in [1.807, 2.05) is 36.5 Å². The second-order valence-corrected chi connectivity index (χ2v) is 11.3. The van der Waals surface area contributed by atoms with Gasteiger partial charge in [0, 0.05) is 71.7 Å². The number of rotatable bonds is 9. The molecule has 0 saturated carbocycles. The molecular formula is C32H30Cl3N5O2. The zero-order valence-electron chi connectivity index (χ0n) is 22.8. The standard InChI is InChI=1S/C32H30Cl3N5O2/c33-25-5-3-4-23(18-25)32(42)38-29-19-24(31(41)37-13-11-22-7-9-26(34)20-28(22)35)8-10-30(29)40-16-14-39(15-17-40)21-27-6-1-2-12-36-27/h1-10,12,18-20H,11,13-17,21H2,(H,37,41)(H,38,42). The fourth-order valence-electron chi connectivity index (χ4n) is 4.88. The predicted molar refractivity (Wildman–Crippen MR) is 170 cm³/mol. The van der Waals surface area contributed by atoms with Crippen LogP contribution in [0.4, 0.5) is 11.4 Å². The maximum absolute atomic E-state index is 13.2. The molecule has 1 aliphatic heterocycles. The van der Waals surface area contributed by atoms with Crippen molar-refractivity contribution in [1.82, 2.24) is 15.2 Å². The van der Waals surface area contributed by atoms with Gasteiger partial charge in [-0.2, -0.15) is 0 Å². The summed E-state index contributed by atoms with van der Waals surface area (Å²) in [5, 5.41) is 7.57. The SMILES string of the molecule is O=C(NCCc1ccc(Cl)cc1Cl)c1ccc(N2CCN(Cc3ccccn3)CC2)c(NC(=O)c2cccc(Cl)c2)c1. The minimum absolute atomic E-state index is 0.245. The maximum atomic E-state index is 13.2. The lowest BCUT2D eigenvalue weighted by atomic mass is 10.1. The Kier molecular flexibility index (Phi) is 9.97. The van der Waals surface area contributed by atoms with Crippen molar-refractivity contribution in [2.75, 3.05) is 42.9 Å². The van der Waals surface area contributed by atoms with Crippen LogP contribution in [0.5, 0.6) is 0 Å². The molecule has 1 saturated heterocycles. The van der Waals surface area contributed by atoms with E-state index in [2.05, 4.69) is 25.4 Å². The van der Waals surface area contributed by atoms with Crippen LogP contribution in [-0.2, 0) is 13.0 Å². The molecule has 2 amide bonds. The van der Waals surface area contributed by atoms with Crippen molar-refractivity contribution in [3.63, 3.8) is 0 Å². The summed E-state index contributed by atoms with van der Waals surface area (Å²) in [4.78, 5) is 35.3. The van der Waals surface area contributed by atoms with E-state index >= 15 is 0 Å². The van der Waals surface area contributed by atoms with E-state index in [0.29, 0.717) is 44.8 Å². The summed E-state index contributed by atoms with van der Waals surface area (Å²) in [7, 11) is 0. The third kappa shape index (κ3) is 7.81. The minimum atomic E-state index is -0.303. The number of hydrogen-bond acceptors (Lipinski definition) is 5. The van der Waals surface area contributed by atoms with Crippen LogP contribution in [0.15, 0.2) is 85.1 Å². The Bertz CT molecular complexity index is 1560. The van der Waals surface area contributed by atoms with Gasteiger partial charge in [0.25, 0.3) is 11.8 Å². The lowest BCUT2D eigenvalue weighted by molar-refractivity contribution is 0.0952. The highest BCUT2D eigenvalue weighted by Crippen LogP contribution is 2.30. The van der Waals surface area contributed by atoms with Crippen molar-refractivity contribution in [2.24, 2.45) is 0 Å². The van der Waals surface area contributed by atoms with Gasteiger partial charge in [-0.3, -0.25) is 19.5 Å². The van der Waals surface area contributed by atoms with Gasteiger partial charge >= 0.3 is 0 Å². The summed E-state index contributed by atoms with van der Waals surface area (Å²) in [5.74, 6) is -0.549. The normalized spacial score (nSPS) is 13.5. The molecule has 42 heavy (non-hydrogen) atoms. The number of aromatic nitrogens is 1. The molecule has 0 bridgehead atoms. The Balaban J connectivity index is 1.30. The first-order valence-electron chi connectivity index (χ1n) is 13.7. The molecule has 0 atom stereocenters. The molecule has 0 spiro atoms. The zero-order chi connectivity index (χ0) is 29.5. The molecule has 10 heteroatoms. The van der Waals surface area contributed by atoms with Crippen molar-refractivity contribution < 1.29 is 9.59 Å². The van der Waals surface area contributed by atoms with E-state index in [9.17, 15) is 9.59 Å². The highest BCUT2D eigenvalue weighted by Gasteiger charge is 2.22. The number of nitrogens with one attached hydrogen (secondary N) is 2. The average Bonchev–Trinajstić information content (AvgIpc) is 2.99. The summed E-state index contributed by atoms with van der Waals surface area (Å²) in [6, 6.07) is 23.4. The third-order valence-electron chi connectivity index (χ3n) is 7.11. The number of hydrogen-bond donors (Lipinski definition) is 2. The highest BCUT2D eigenvalue weighted by atomic mass is 35.5. The Morgan fingerprint density at radius 1 is 0.786 bits per heavy atom. The first kappa shape index (κ1) is 29.9. The molecule has 216 valence electrons. The van der Waals surface area contributed by atoms with Crippen molar-refractivity contribution in [2.45, 2.75) is 13.0 Å². The maximum Gasteiger partial charge on any atom is 0.255 e. The van der Waals surface area contributed by atoms with Crippen LogP contribution in [0.2, 0.25) is 15.1 Å². The molecular weight excluding hydrogens is 593 g/mol. The Hall–Kier alpha value is -3.62. The van der Waals surface area contributed by atoms with Crippen LogP contribution >= 0.6 is 34.8 Å². The van der Waals surface area contributed by atoms with Gasteiger partial charge in [-0.25, -0.2) is 0 Å². The fourth-order valence-corrected chi connectivity index (χ4v) is 5.58. The van der Waals surface area contributed by atoms with E-state index in [0.717, 1.165) is 49.7 Å². The summed E-state index contributed by atoms with van der Waals surface area (Å²) in [6.07, 6.45) is 2.37. The molecule has 3 aromatic carbocycles. The van der Waals surface area contributed by atoms with Crippen molar-refractivity contribution >= 4 is 58.0 Å². The van der Waals surface area contributed by atoms with E-state index < -0.39 is 0 Å². The van der Waals surface area contributed by atoms with Crippen LogP contribution in [-0.4, -0.2) is 54.4 Å². The topological polar surface area (TPSA) is 77.6 Å². The predicted octanol–water partition coefficient (Wildman–Crippen LogP) is 6.59. The number of nitrogens with zero attached hydrogens (tertiary/aromatic N) is 3. The van der Waals surface area contributed by atoms with E-state index in [4.69, 9.17) is 34.8 Å². The van der Waals surface area contributed by atoms with Gasteiger partial charge in [0.05, 0.1) is 17.1 Å². The molecule has 0 aliphatic carbocycles. The average molecular weight is 623 g/mol. The second-order valence-electron chi connectivity index (χ2n) is 10.0. The summed E-state index contributed by atoms with van der Waals surface area (Å²) in [6.45, 7) is 4.39. The molecule has 2 N–H and O–H groups in total. The van der Waals surface area contributed by atoms with E-state index in [-0.39, 0.29) is 11.8 Å². The first-order valence-corrected chi connectivity index (χ1v) is 14.8. The first-order chi connectivity index (χ1) is 20.4. The number of anilines is 2. The van der Waals surface area contributed by atoms with Crippen molar-refractivity contribution in [3.8, 4) is 0 Å². The zero-order valence-corrected chi connectivity index (χ0v) is 25.1. The lowest BCUT2D eigenvalue weighted by Crippen LogP contribution is -2.46. The van der Waals surface area contributed by atoms with Crippen LogP contribution in [0.25, 0.3) is 0 Å². The number of carbonyl (C=O) groups excluding carboxylic acids is 2. The van der Waals surface area contributed by atoms with E-state index in [1.165, 1.54) is 0 Å². The number of carbonyl (C=O) groups is 2. The molecule has 1 aromatic heterocycles. The molecule has 1 aliphatic rings. The number of halogens is 3. The van der Waals surface area contributed by atoms with Crippen LogP contribution < -0.4 is 15.5 Å². The van der Waals surface area contributed by atoms with Crippen molar-refractivity contribution in [1.29, 1.82) is 0 Å². The van der Waals surface area contributed by atoms with Gasteiger partial charge in [-0.15, -0.1) is 0 Å². The molecule has 7 nitrogen and oxygen atoms in total. The van der Waals surface area contributed by atoms with Crippen LogP contribution in [0, 0.1) is 0 Å². The van der Waals surface area contributed by atoms with Gasteiger partial charge in [-0.1, -0.05) is 53.0 Å². The van der Waals surface area contributed by atoms with Crippen LogP contribution in [0.3, 0.4) is 0 Å². The molecule has 2 heterocycles. The molecule has 0 unspecified atom stereocenters. The van der Waals surface area contributed by atoms with Gasteiger partial charge in [0.2, 0.25) is 0 Å². The molecule has 5 rings (SSSR count). The monoisotopic (exact) mass is 621 g/mol. The second kappa shape index (κ2) is 14.0. The number of piperazine rings is 1. The lowest BCUT2D eigenvalue weighted by Gasteiger charge is -2.37. The van der Waals surface area contributed by atoms with Crippen molar-refractivity contribution in [3.05, 3.63) is 123 Å². The highest BCUT2D eigenvalue weighted by molar-refractivity contribution is 6.35. The number of benzene rings is 3. The quantitative estimate of drug-likeness (QED) is 0.220. The Labute approximate surface area is 260 Å². The largest absolute Gasteiger partial charge is 0.367 e. The van der Waals surface area contributed by atoms with Crippen LogP contribution in [0.1, 0.15) is 32.0 Å². The van der Waals surface area contributed by atoms with Gasteiger partial charge in [0.15, 0.2) is 0 Å². The summed E-state index contributed by atoms with van der Waals surface area (Å²) >= 11 is 18.4. The smallest absolute Gasteiger partial charge is 0.255 e. The van der Waals surface area contributed by atoms with E-state index in [1.54, 1.807) is 48.5 Å². The Morgan fingerprint density at radius 2 is 1.57 bits per heavy atom. The van der Waals surface area contributed by atoms with Gasteiger partial charge < -0.3 is 15.5 Å².